The van der Waals surface area contributed by atoms with Crippen LogP contribution in [-0.2, 0) is 18.4 Å². The van der Waals surface area contributed by atoms with Gasteiger partial charge in [0.15, 0.2) is 0 Å². The maximum absolute atomic E-state index is 12.9. The fourth-order valence-corrected chi connectivity index (χ4v) is 3.59. The minimum atomic E-state index is -0.564. The molecule has 0 saturated carbocycles. The molecule has 1 amide bonds. The van der Waals surface area contributed by atoms with Gasteiger partial charge in [0.25, 0.3) is 5.56 Å². The molecule has 0 unspecified atom stereocenters. The summed E-state index contributed by atoms with van der Waals surface area (Å²) in [7, 11) is 3.22. The van der Waals surface area contributed by atoms with Gasteiger partial charge in [0, 0.05) is 24.4 Å². The number of methoxy groups -OCH3 is 1. The number of para-hydroxylation sites is 1. The Bertz CT molecular complexity index is 1260. The minimum Gasteiger partial charge on any atom is -0.497 e. The standard InChI is InChI=1S/C22H22N4O3/c1-14(21(27)23-12-15-8-10-16(29-3)11-9-15)26-19-7-5-4-6-17(19)18-13-24-25(2)22(28)20(18)26/h4-11,13-14H,12H2,1-3H3,(H,23,27)/t14-/m0/s1. The van der Waals surface area contributed by atoms with Gasteiger partial charge in [-0.15, -0.1) is 0 Å². The second kappa shape index (κ2) is 7.43. The van der Waals surface area contributed by atoms with Crippen molar-refractivity contribution < 1.29 is 9.53 Å². The molecule has 0 fully saturated rings. The number of carbonyl (C=O) groups excluding carboxylic acids is 1. The monoisotopic (exact) mass is 390 g/mol. The average molecular weight is 390 g/mol. The first-order valence-corrected chi connectivity index (χ1v) is 9.37. The Labute approximate surface area is 167 Å². The van der Waals surface area contributed by atoms with Crippen LogP contribution in [0.15, 0.2) is 59.5 Å². The number of ether oxygens (including phenoxy) is 1. The van der Waals surface area contributed by atoms with Crippen molar-refractivity contribution in [2.24, 2.45) is 7.05 Å². The number of aryl methyl sites for hydroxylation is 1. The van der Waals surface area contributed by atoms with Crippen molar-refractivity contribution in [3.05, 3.63) is 70.6 Å². The van der Waals surface area contributed by atoms with Crippen LogP contribution in [-0.4, -0.2) is 27.4 Å². The third-order valence-corrected chi connectivity index (χ3v) is 5.20. The largest absolute Gasteiger partial charge is 0.497 e. The van der Waals surface area contributed by atoms with Gasteiger partial charge in [-0.1, -0.05) is 30.3 Å². The molecule has 0 aliphatic heterocycles. The lowest BCUT2D eigenvalue weighted by atomic mass is 10.2. The Hall–Kier alpha value is -3.61. The Balaban J connectivity index is 1.69. The Morgan fingerprint density at radius 2 is 1.86 bits per heavy atom. The molecule has 4 rings (SSSR count). The zero-order chi connectivity index (χ0) is 20.5. The zero-order valence-electron chi connectivity index (χ0n) is 16.5. The normalized spacial score (nSPS) is 12.2. The highest BCUT2D eigenvalue weighted by Crippen LogP contribution is 2.29. The van der Waals surface area contributed by atoms with Crippen LogP contribution >= 0.6 is 0 Å². The summed E-state index contributed by atoms with van der Waals surface area (Å²) in [5.41, 5.74) is 2.05. The topological polar surface area (TPSA) is 78.2 Å². The van der Waals surface area contributed by atoms with Gasteiger partial charge in [-0.3, -0.25) is 9.59 Å². The lowest BCUT2D eigenvalue weighted by molar-refractivity contribution is -0.123. The molecule has 0 aliphatic rings. The summed E-state index contributed by atoms with van der Waals surface area (Å²) in [5.74, 6) is 0.602. The van der Waals surface area contributed by atoms with Gasteiger partial charge in [-0.05, 0) is 30.7 Å². The van der Waals surface area contributed by atoms with Gasteiger partial charge in [0.05, 0.1) is 18.8 Å². The number of hydrogen-bond acceptors (Lipinski definition) is 4. The smallest absolute Gasteiger partial charge is 0.291 e. The third kappa shape index (κ3) is 3.24. The predicted octanol–water partition coefficient (Wildman–Crippen LogP) is 2.77. The van der Waals surface area contributed by atoms with Crippen LogP contribution in [0.25, 0.3) is 21.8 Å². The number of nitrogens with zero attached hydrogens (tertiary/aromatic N) is 3. The number of benzene rings is 2. The van der Waals surface area contributed by atoms with E-state index in [-0.39, 0.29) is 11.5 Å². The molecule has 4 aromatic rings. The second-order valence-corrected chi connectivity index (χ2v) is 6.96. The Kier molecular flexibility index (Phi) is 4.80. The molecule has 2 aromatic carbocycles. The van der Waals surface area contributed by atoms with E-state index in [4.69, 9.17) is 4.74 Å². The van der Waals surface area contributed by atoms with Crippen LogP contribution in [0.4, 0.5) is 0 Å². The number of aromatic nitrogens is 3. The van der Waals surface area contributed by atoms with E-state index < -0.39 is 6.04 Å². The highest BCUT2D eigenvalue weighted by molar-refractivity contribution is 6.08. The van der Waals surface area contributed by atoms with E-state index in [0.717, 1.165) is 27.6 Å². The quantitative estimate of drug-likeness (QED) is 0.568. The van der Waals surface area contributed by atoms with Crippen molar-refractivity contribution >= 4 is 27.7 Å². The van der Waals surface area contributed by atoms with E-state index in [2.05, 4.69) is 10.4 Å². The molecule has 0 saturated heterocycles. The molecule has 1 N–H and O–H groups in total. The average Bonchev–Trinajstić information content (AvgIpc) is 3.09. The van der Waals surface area contributed by atoms with E-state index in [1.165, 1.54) is 4.68 Å². The van der Waals surface area contributed by atoms with Gasteiger partial charge in [0.1, 0.15) is 17.3 Å². The van der Waals surface area contributed by atoms with Crippen molar-refractivity contribution in [2.75, 3.05) is 7.11 Å². The maximum Gasteiger partial charge on any atom is 0.291 e. The molecule has 148 valence electrons. The van der Waals surface area contributed by atoms with Gasteiger partial charge >= 0.3 is 0 Å². The number of hydrogen-bond donors (Lipinski definition) is 1. The molecular weight excluding hydrogens is 368 g/mol. The highest BCUT2D eigenvalue weighted by atomic mass is 16.5. The first-order valence-electron chi connectivity index (χ1n) is 9.37. The first-order chi connectivity index (χ1) is 14.0. The fraction of sp³-hybridized carbons (Fsp3) is 0.227. The van der Waals surface area contributed by atoms with Gasteiger partial charge in [-0.25, -0.2) is 4.68 Å². The van der Waals surface area contributed by atoms with Crippen molar-refractivity contribution in [3.8, 4) is 5.75 Å². The molecule has 1 atom stereocenters. The number of rotatable bonds is 5. The van der Waals surface area contributed by atoms with E-state index in [9.17, 15) is 9.59 Å². The molecule has 0 aliphatic carbocycles. The number of amides is 1. The highest BCUT2D eigenvalue weighted by Gasteiger charge is 2.23. The van der Waals surface area contributed by atoms with Crippen molar-refractivity contribution in [1.82, 2.24) is 19.7 Å². The van der Waals surface area contributed by atoms with Crippen LogP contribution < -0.4 is 15.6 Å². The first kappa shape index (κ1) is 18.7. The van der Waals surface area contributed by atoms with Gasteiger partial charge in [-0.2, -0.15) is 5.10 Å². The summed E-state index contributed by atoms with van der Waals surface area (Å²) in [6.07, 6.45) is 1.68. The number of carbonyl (C=O) groups is 1. The van der Waals surface area contributed by atoms with Crippen LogP contribution in [0.2, 0.25) is 0 Å². The van der Waals surface area contributed by atoms with Crippen molar-refractivity contribution in [2.45, 2.75) is 19.5 Å². The summed E-state index contributed by atoms with van der Waals surface area (Å²) >= 11 is 0. The Morgan fingerprint density at radius 1 is 1.14 bits per heavy atom. The van der Waals surface area contributed by atoms with E-state index in [1.807, 2.05) is 48.5 Å². The van der Waals surface area contributed by atoms with Gasteiger partial charge in [0.2, 0.25) is 5.91 Å². The maximum atomic E-state index is 12.9. The summed E-state index contributed by atoms with van der Waals surface area (Å²) in [4.78, 5) is 25.8. The van der Waals surface area contributed by atoms with E-state index in [0.29, 0.717) is 12.1 Å². The molecule has 7 heteroatoms. The van der Waals surface area contributed by atoms with Crippen LogP contribution in [0.1, 0.15) is 18.5 Å². The molecule has 0 bridgehead atoms. The van der Waals surface area contributed by atoms with Crippen LogP contribution in [0, 0.1) is 0 Å². The Morgan fingerprint density at radius 3 is 2.59 bits per heavy atom. The second-order valence-electron chi connectivity index (χ2n) is 6.96. The molecule has 0 spiro atoms. The van der Waals surface area contributed by atoms with E-state index in [1.54, 1.807) is 31.8 Å². The molecule has 2 heterocycles. The lowest BCUT2D eigenvalue weighted by Crippen LogP contribution is -2.32. The third-order valence-electron chi connectivity index (χ3n) is 5.20. The zero-order valence-corrected chi connectivity index (χ0v) is 16.5. The van der Waals surface area contributed by atoms with Crippen LogP contribution in [0.3, 0.4) is 0 Å². The summed E-state index contributed by atoms with van der Waals surface area (Å²) in [5, 5.41) is 8.76. The van der Waals surface area contributed by atoms with E-state index >= 15 is 0 Å². The minimum absolute atomic E-state index is 0.165. The summed E-state index contributed by atoms with van der Waals surface area (Å²) < 4.78 is 8.25. The number of fused-ring (bicyclic) bond motifs is 3. The molecule has 29 heavy (non-hydrogen) atoms. The molecular formula is C22H22N4O3. The molecule has 0 radical (unpaired) electrons. The fourth-order valence-electron chi connectivity index (χ4n) is 3.59. The predicted molar refractivity (Wildman–Crippen MR) is 112 cm³/mol. The SMILES string of the molecule is COc1ccc(CNC(=O)[C@H](C)n2c3ccccc3c3cnn(C)c(=O)c32)cc1. The van der Waals surface area contributed by atoms with Crippen molar-refractivity contribution in [1.29, 1.82) is 0 Å². The summed E-state index contributed by atoms with van der Waals surface area (Å²) in [6, 6.07) is 14.6. The van der Waals surface area contributed by atoms with Crippen LogP contribution in [0.5, 0.6) is 5.75 Å². The molecule has 2 aromatic heterocycles. The van der Waals surface area contributed by atoms with Gasteiger partial charge < -0.3 is 14.6 Å². The summed E-state index contributed by atoms with van der Waals surface area (Å²) in [6.45, 7) is 2.19. The number of nitrogens with one attached hydrogen (secondary N) is 1. The van der Waals surface area contributed by atoms with Crippen molar-refractivity contribution in [3.63, 3.8) is 0 Å². The molecule has 7 nitrogen and oxygen atoms in total. The lowest BCUT2D eigenvalue weighted by Gasteiger charge is -2.17.